The summed E-state index contributed by atoms with van der Waals surface area (Å²) in [4.78, 5) is 10.5. The van der Waals surface area contributed by atoms with Crippen molar-refractivity contribution in [2.45, 2.75) is 39.3 Å². The summed E-state index contributed by atoms with van der Waals surface area (Å²) < 4.78 is 0. The summed E-state index contributed by atoms with van der Waals surface area (Å²) >= 11 is 6.00. The SMILES string of the molecule is CCC(C)(C)NCc1c(Cl)cccc1[N+](=O)[O-]. The van der Waals surface area contributed by atoms with E-state index in [4.69, 9.17) is 11.6 Å². The summed E-state index contributed by atoms with van der Waals surface area (Å²) in [5.74, 6) is 0. The van der Waals surface area contributed by atoms with E-state index in [2.05, 4.69) is 26.1 Å². The van der Waals surface area contributed by atoms with Crippen LogP contribution in [0.1, 0.15) is 32.8 Å². The number of nitrogens with zero attached hydrogens (tertiary/aromatic N) is 1. The zero-order chi connectivity index (χ0) is 13.1. The maximum atomic E-state index is 10.9. The molecule has 0 amide bonds. The molecule has 0 aliphatic rings. The number of rotatable bonds is 5. The Morgan fingerprint density at radius 3 is 2.65 bits per heavy atom. The van der Waals surface area contributed by atoms with E-state index in [1.54, 1.807) is 12.1 Å². The van der Waals surface area contributed by atoms with E-state index in [0.717, 1.165) is 6.42 Å². The van der Waals surface area contributed by atoms with E-state index in [1.165, 1.54) is 6.07 Å². The van der Waals surface area contributed by atoms with Crippen LogP contribution in [-0.4, -0.2) is 10.5 Å². The van der Waals surface area contributed by atoms with Gasteiger partial charge in [-0.05, 0) is 26.3 Å². The maximum Gasteiger partial charge on any atom is 0.275 e. The molecule has 0 saturated carbocycles. The molecule has 1 N–H and O–H groups in total. The van der Waals surface area contributed by atoms with Crippen molar-refractivity contribution in [2.75, 3.05) is 0 Å². The molecule has 0 fully saturated rings. The number of benzene rings is 1. The highest BCUT2D eigenvalue weighted by molar-refractivity contribution is 6.31. The first-order valence-electron chi connectivity index (χ1n) is 5.54. The normalized spacial score (nSPS) is 11.5. The third kappa shape index (κ3) is 3.68. The number of nitro groups is 1. The summed E-state index contributed by atoms with van der Waals surface area (Å²) in [6.07, 6.45) is 0.936. The molecular weight excluding hydrogens is 240 g/mol. The van der Waals surface area contributed by atoms with Gasteiger partial charge >= 0.3 is 0 Å². The largest absolute Gasteiger partial charge is 0.307 e. The van der Waals surface area contributed by atoms with Crippen LogP contribution < -0.4 is 5.32 Å². The monoisotopic (exact) mass is 256 g/mol. The Bertz CT molecular complexity index is 419. The lowest BCUT2D eigenvalue weighted by atomic mass is 10.0. The lowest BCUT2D eigenvalue weighted by molar-refractivity contribution is -0.385. The Hall–Kier alpha value is -1.13. The van der Waals surface area contributed by atoms with Crippen LogP contribution in [-0.2, 0) is 6.54 Å². The molecule has 0 aliphatic carbocycles. The van der Waals surface area contributed by atoms with Gasteiger partial charge in [-0.2, -0.15) is 0 Å². The fourth-order valence-electron chi connectivity index (χ4n) is 1.35. The topological polar surface area (TPSA) is 55.2 Å². The first-order chi connectivity index (χ1) is 7.87. The Kier molecular flexibility index (Phi) is 4.48. The molecule has 1 rings (SSSR count). The van der Waals surface area contributed by atoms with E-state index in [9.17, 15) is 10.1 Å². The lowest BCUT2D eigenvalue weighted by Crippen LogP contribution is -2.38. The lowest BCUT2D eigenvalue weighted by Gasteiger charge is -2.24. The number of hydrogen-bond donors (Lipinski definition) is 1. The molecule has 4 nitrogen and oxygen atoms in total. The quantitative estimate of drug-likeness (QED) is 0.648. The first kappa shape index (κ1) is 13.9. The predicted octanol–water partition coefficient (Wildman–Crippen LogP) is 3.53. The Labute approximate surface area is 106 Å². The number of halogens is 1. The third-order valence-electron chi connectivity index (χ3n) is 2.92. The average molecular weight is 257 g/mol. The van der Waals surface area contributed by atoms with Crippen molar-refractivity contribution < 1.29 is 4.92 Å². The molecule has 1 aromatic rings. The van der Waals surface area contributed by atoms with Gasteiger partial charge in [0.05, 0.1) is 15.5 Å². The predicted molar refractivity (Wildman–Crippen MR) is 69.3 cm³/mol. The second-order valence-corrected chi connectivity index (χ2v) is 4.99. The van der Waals surface area contributed by atoms with Crippen molar-refractivity contribution in [3.63, 3.8) is 0 Å². The highest BCUT2D eigenvalue weighted by Crippen LogP contribution is 2.26. The Balaban J connectivity index is 2.94. The molecule has 0 bridgehead atoms. The van der Waals surface area contributed by atoms with Crippen LogP contribution >= 0.6 is 11.6 Å². The van der Waals surface area contributed by atoms with Gasteiger partial charge in [-0.3, -0.25) is 10.1 Å². The zero-order valence-electron chi connectivity index (χ0n) is 10.3. The van der Waals surface area contributed by atoms with Crippen LogP contribution in [0.4, 0.5) is 5.69 Å². The minimum absolute atomic E-state index is 0.0625. The molecule has 17 heavy (non-hydrogen) atoms. The van der Waals surface area contributed by atoms with Crippen molar-refractivity contribution >= 4 is 17.3 Å². The minimum Gasteiger partial charge on any atom is -0.307 e. The zero-order valence-corrected chi connectivity index (χ0v) is 11.0. The van der Waals surface area contributed by atoms with Crippen molar-refractivity contribution in [2.24, 2.45) is 0 Å². The highest BCUT2D eigenvalue weighted by Gasteiger charge is 2.20. The van der Waals surface area contributed by atoms with Gasteiger partial charge in [0, 0.05) is 18.2 Å². The van der Waals surface area contributed by atoms with Gasteiger partial charge < -0.3 is 5.32 Å². The fraction of sp³-hybridized carbons (Fsp3) is 0.500. The standard InChI is InChI=1S/C12H17ClN2O2/c1-4-12(2,3)14-8-9-10(13)6-5-7-11(9)15(16)17/h5-7,14H,4,8H2,1-3H3. The molecule has 0 spiro atoms. The second-order valence-electron chi connectivity index (χ2n) is 4.59. The number of nitrogens with one attached hydrogen (secondary N) is 1. The Morgan fingerprint density at radius 2 is 2.12 bits per heavy atom. The second kappa shape index (κ2) is 5.47. The van der Waals surface area contributed by atoms with Crippen LogP contribution in [0.5, 0.6) is 0 Å². The van der Waals surface area contributed by atoms with Gasteiger partial charge in [-0.25, -0.2) is 0 Å². The maximum absolute atomic E-state index is 10.9. The van der Waals surface area contributed by atoms with Crippen molar-refractivity contribution in [1.29, 1.82) is 0 Å². The van der Waals surface area contributed by atoms with Crippen molar-refractivity contribution in [3.05, 3.63) is 38.9 Å². The molecule has 0 atom stereocenters. The molecule has 0 aromatic heterocycles. The molecule has 5 heteroatoms. The van der Waals surface area contributed by atoms with Crippen LogP contribution in [0.2, 0.25) is 5.02 Å². The van der Waals surface area contributed by atoms with Gasteiger partial charge in [0.1, 0.15) is 0 Å². The molecular formula is C12H17ClN2O2. The van der Waals surface area contributed by atoms with Crippen LogP contribution in [0.15, 0.2) is 18.2 Å². The van der Waals surface area contributed by atoms with Crippen LogP contribution in [0.25, 0.3) is 0 Å². The van der Waals surface area contributed by atoms with Gasteiger partial charge in [0.25, 0.3) is 5.69 Å². The van der Waals surface area contributed by atoms with Crippen LogP contribution in [0.3, 0.4) is 0 Å². The summed E-state index contributed by atoms with van der Waals surface area (Å²) in [5.41, 5.74) is 0.546. The Morgan fingerprint density at radius 1 is 1.47 bits per heavy atom. The molecule has 0 unspecified atom stereocenters. The van der Waals surface area contributed by atoms with E-state index in [-0.39, 0.29) is 11.2 Å². The summed E-state index contributed by atoms with van der Waals surface area (Å²) in [5, 5.41) is 14.6. The smallest absolute Gasteiger partial charge is 0.275 e. The average Bonchev–Trinajstić information content (AvgIpc) is 2.27. The van der Waals surface area contributed by atoms with Crippen molar-refractivity contribution in [3.8, 4) is 0 Å². The van der Waals surface area contributed by atoms with Gasteiger partial charge in [0.2, 0.25) is 0 Å². The van der Waals surface area contributed by atoms with Crippen LogP contribution in [0, 0.1) is 10.1 Å². The molecule has 0 heterocycles. The summed E-state index contributed by atoms with van der Waals surface area (Å²) in [6, 6.07) is 4.74. The fourth-order valence-corrected chi connectivity index (χ4v) is 1.58. The summed E-state index contributed by atoms with van der Waals surface area (Å²) in [6.45, 7) is 6.57. The van der Waals surface area contributed by atoms with E-state index >= 15 is 0 Å². The van der Waals surface area contributed by atoms with Gasteiger partial charge in [-0.1, -0.05) is 24.6 Å². The van der Waals surface area contributed by atoms with E-state index < -0.39 is 4.92 Å². The molecule has 0 saturated heterocycles. The number of hydrogen-bond acceptors (Lipinski definition) is 3. The van der Waals surface area contributed by atoms with Gasteiger partial charge in [-0.15, -0.1) is 0 Å². The van der Waals surface area contributed by atoms with E-state index in [0.29, 0.717) is 17.1 Å². The first-order valence-corrected chi connectivity index (χ1v) is 5.92. The summed E-state index contributed by atoms with van der Waals surface area (Å²) in [7, 11) is 0. The molecule has 1 aromatic carbocycles. The van der Waals surface area contributed by atoms with E-state index in [1.807, 2.05) is 0 Å². The minimum atomic E-state index is -0.401. The highest BCUT2D eigenvalue weighted by atomic mass is 35.5. The third-order valence-corrected chi connectivity index (χ3v) is 3.27. The van der Waals surface area contributed by atoms with Crippen molar-refractivity contribution in [1.82, 2.24) is 5.32 Å². The molecule has 94 valence electrons. The number of nitro benzene ring substituents is 1. The molecule has 0 radical (unpaired) electrons. The van der Waals surface area contributed by atoms with Gasteiger partial charge in [0.15, 0.2) is 0 Å². The molecule has 0 aliphatic heterocycles.